The highest BCUT2D eigenvalue weighted by molar-refractivity contribution is 7.91. The lowest BCUT2D eigenvalue weighted by atomic mass is 10.2. The molecule has 22 nitrogen and oxygen atoms in total. The molecule has 0 bridgehead atoms. The molecule has 0 aliphatic carbocycles. The summed E-state index contributed by atoms with van der Waals surface area (Å²) in [6.07, 6.45) is 5.85. The van der Waals surface area contributed by atoms with E-state index in [1.807, 2.05) is 0 Å². The van der Waals surface area contributed by atoms with Crippen molar-refractivity contribution in [2.24, 2.45) is 0 Å². The Hall–Kier alpha value is -7.80. The summed E-state index contributed by atoms with van der Waals surface area (Å²) < 4.78 is 90.8. The molecule has 0 aliphatic rings. The minimum Gasteiger partial charge on any atom is -0.494 e. The van der Waals surface area contributed by atoms with Crippen molar-refractivity contribution in [3.8, 4) is 57.5 Å². The maximum Gasteiger partial charge on any atom is 0.221 e. The molecule has 0 aliphatic heterocycles. The second-order valence-electron chi connectivity index (χ2n) is 16.8. The Morgan fingerprint density at radius 1 is 0.579 bits per heavy atom. The summed E-state index contributed by atoms with van der Waals surface area (Å²) in [6.45, 7) is 5.84. The van der Waals surface area contributed by atoms with Gasteiger partial charge in [-0.1, -0.05) is 35.3 Å². The van der Waals surface area contributed by atoms with E-state index in [-0.39, 0.29) is 48.0 Å². The molecular weight excluding hydrogens is 1070 g/mol. The maximum atomic E-state index is 13.6. The number of rotatable bonds is 20. The average Bonchev–Trinajstić information content (AvgIpc) is 4.24. The fourth-order valence-electron chi connectivity index (χ4n) is 7.82. The van der Waals surface area contributed by atoms with Gasteiger partial charge in [-0.2, -0.15) is 0 Å². The van der Waals surface area contributed by atoms with Crippen LogP contribution in [0, 0.1) is 0 Å². The number of hydrogen-bond donors (Lipinski definition) is 2. The number of anilines is 2. The van der Waals surface area contributed by atoms with Crippen molar-refractivity contribution in [3.63, 3.8) is 0 Å². The van der Waals surface area contributed by atoms with Crippen LogP contribution in [0.25, 0.3) is 34.5 Å². The first-order valence-electron chi connectivity index (χ1n) is 22.9. The number of aromatic nitrogens is 8. The average molecular weight is 1120 g/mol. The lowest BCUT2D eigenvalue weighted by molar-refractivity contribution is -0.115. The van der Waals surface area contributed by atoms with Gasteiger partial charge in [0, 0.05) is 39.1 Å². The molecule has 2 N–H and O–H groups in total. The number of nitrogens with zero attached hydrogens (tertiary/aromatic N) is 8. The minimum absolute atomic E-state index is 0.0340. The Bertz CT molecular complexity index is 3290. The summed E-state index contributed by atoms with van der Waals surface area (Å²) in [5.74, 6) is 1.74. The van der Waals surface area contributed by atoms with Gasteiger partial charge in [-0.3, -0.25) is 28.7 Å². The molecule has 0 saturated carbocycles. The van der Waals surface area contributed by atoms with Crippen LogP contribution in [0.15, 0.2) is 107 Å². The van der Waals surface area contributed by atoms with Crippen molar-refractivity contribution in [1.82, 2.24) is 39.5 Å². The molecule has 76 heavy (non-hydrogen) atoms. The third kappa shape index (κ3) is 12.8. The van der Waals surface area contributed by atoms with Gasteiger partial charge in [0.25, 0.3) is 0 Å². The Kier molecular flexibility index (Phi) is 17.8. The molecule has 0 fully saturated rings. The van der Waals surface area contributed by atoms with Crippen LogP contribution in [0.3, 0.4) is 0 Å². The Morgan fingerprint density at radius 3 is 1.24 bits per heavy atom. The highest BCUT2D eigenvalue weighted by atomic mass is 35.5. The van der Waals surface area contributed by atoms with Crippen LogP contribution in [-0.2, 0) is 53.6 Å². The molecule has 2 amide bonds. The third-order valence-corrected chi connectivity index (χ3v) is 16.1. The number of sulfone groups is 2. The number of hydrogen-bond acceptors (Lipinski definition) is 18. The van der Waals surface area contributed by atoms with Crippen molar-refractivity contribution in [2.45, 2.75) is 62.5 Å². The summed E-state index contributed by atoms with van der Waals surface area (Å²) in [5, 5.41) is 21.1. The molecule has 0 radical (unpaired) electrons. The van der Waals surface area contributed by atoms with Gasteiger partial charge in [-0.25, -0.2) is 16.8 Å². The van der Waals surface area contributed by atoms with Crippen LogP contribution in [-0.4, -0.2) is 107 Å². The first-order valence-corrected chi connectivity index (χ1v) is 27.1. The highest BCUT2D eigenvalue weighted by Crippen LogP contribution is 2.39. The van der Waals surface area contributed by atoms with Crippen molar-refractivity contribution in [3.05, 3.63) is 131 Å². The van der Waals surface area contributed by atoms with E-state index in [4.69, 9.17) is 51.0 Å². The Morgan fingerprint density at radius 2 is 0.934 bits per heavy atom. The lowest BCUT2D eigenvalue weighted by Gasteiger charge is -2.18. The summed E-state index contributed by atoms with van der Waals surface area (Å²) in [4.78, 5) is 31.8. The van der Waals surface area contributed by atoms with Gasteiger partial charge < -0.3 is 38.4 Å². The van der Waals surface area contributed by atoms with E-state index < -0.39 is 41.7 Å². The van der Waals surface area contributed by atoms with Crippen molar-refractivity contribution >= 4 is 66.1 Å². The Balaban J connectivity index is 0.000000221. The second-order valence-corrected chi connectivity index (χ2v) is 22.5. The number of halogens is 2. The number of amides is 2. The molecule has 400 valence electrons. The van der Waals surface area contributed by atoms with Crippen molar-refractivity contribution < 1.29 is 54.2 Å². The molecule has 8 rings (SSSR count). The summed E-state index contributed by atoms with van der Waals surface area (Å²) in [5.41, 5.74) is 2.36. The standard InChI is InChI=1S/2C25H26ClN5O6S/c2*1-15(11-18-19(28-16(2)32)12-17(26)13-27-18)38(33,34)14-23-29-30-25(22-9-6-10-37-22)31(23)24-20(35-3)7-5-8-21(24)36-4/h2*5-10,12-13,15H,11,14H2,1-4H3,(H,28,32)/t2*15-/m10/s1. The quantitative estimate of drug-likeness (QED) is 0.0727. The first-order chi connectivity index (χ1) is 36.3. The number of carbonyl (C=O) groups is 2. The van der Waals surface area contributed by atoms with Gasteiger partial charge in [0.2, 0.25) is 23.5 Å². The van der Waals surface area contributed by atoms with Crippen LogP contribution < -0.4 is 29.6 Å². The number of benzene rings is 2. The van der Waals surface area contributed by atoms with E-state index in [1.54, 1.807) is 83.6 Å². The van der Waals surface area contributed by atoms with E-state index in [0.29, 0.717) is 78.7 Å². The van der Waals surface area contributed by atoms with E-state index in [1.165, 1.54) is 79.3 Å². The molecule has 0 spiro atoms. The molecule has 0 saturated heterocycles. The number of nitrogens with one attached hydrogen (secondary N) is 2. The highest BCUT2D eigenvalue weighted by Gasteiger charge is 2.32. The largest absolute Gasteiger partial charge is 0.494 e. The third-order valence-electron chi connectivity index (χ3n) is 11.5. The van der Waals surface area contributed by atoms with E-state index in [9.17, 15) is 26.4 Å². The molecule has 6 aromatic heterocycles. The zero-order chi connectivity index (χ0) is 54.9. The van der Waals surface area contributed by atoms with E-state index in [2.05, 4.69) is 41.0 Å². The zero-order valence-electron chi connectivity index (χ0n) is 42.3. The topological polar surface area (TPSA) is 277 Å². The molecule has 0 unspecified atom stereocenters. The van der Waals surface area contributed by atoms with Crippen molar-refractivity contribution in [1.29, 1.82) is 0 Å². The summed E-state index contributed by atoms with van der Waals surface area (Å²) in [7, 11) is -1.63. The number of pyridine rings is 2. The SMILES string of the molecule is COc1cccc(OC)c1-n1c(CS(=O)(=O)[C@@H](C)Cc2ncc(Cl)cc2NC(C)=O)nnc1-c1ccco1.COc1cccc(OC)c1-n1c(CS(=O)(=O)[C@H](C)Cc2ncc(Cl)cc2NC(C)=O)nnc1-c1ccco1. The van der Waals surface area contributed by atoms with E-state index >= 15 is 0 Å². The fourth-order valence-corrected chi connectivity index (χ4v) is 10.6. The molecular formula is C50H52Cl2N10O12S2. The smallest absolute Gasteiger partial charge is 0.221 e. The van der Waals surface area contributed by atoms with Crippen LogP contribution >= 0.6 is 23.2 Å². The number of carbonyl (C=O) groups excluding carboxylic acids is 2. The second kappa shape index (κ2) is 24.3. The van der Waals surface area contributed by atoms with Gasteiger partial charge in [0.05, 0.1) is 84.3 Å². The zero-order valence-corrected chi connectivity index (χ0v) is 45.4. The van der Waals surface area contributed by atoms with Crippen LogP contribution in [0.2, 0.25) is 10.0 Å². The number of furan rings is 2. The molecule has 2 aromatic carbocycles. The first kappa shape index (κ1) is 55.9. The normalized spacial score (nSPS) is 12.2. The lowest BCUT2D eigenvalue weighted by Crippen LogP contribution is -2.25. The molecule has 6 heterocycles. The van der Waals surface area contributed by atoms with Gasteiger partial charge in [0.15, 0.2) is 42.8 Å². The summed E-state index contributed by atoms with van der Waals surface area (Å²) in [6, 6.07) is 20.2. The molecule has 26 heteroatoms. The van der Waals surface area contributed by atoms with Crippen LogP contribution in [0.1, 0.15) is 50.7 Å². The van der Waals surface area contributed by atoms with Gasteiger partial charge >= 0.3 is 0 Å². The number of methoxy groups -OCH3 is 4. The van der Waals surface area contributed by atoms with Crippen LogP contribution in [0.5, 0.6) is 23.0 Å². The molecule has 2 atom stereocenters. The van der Waals surface area contributed by atoms with Crippen LogP contribution in [0.4, 0.5) is 11.4 Å². The number of ether oxygens (including phenoxy) is 4. The fraction of sp³-hybridized carbons (Fsp3) is 0.280. The van der Waals surface area contributed by atoms with Gasteiger partial charge in [-0.05, 0) is 74.5 Å². The van der Waals surface area contributed by atoms with Gasteiger partial charge in [-0.15, -0.1) is 20.4 Å². The Labute approximate surface area is 447 Å². The van der Waals surface area contributed by atoms with Crippen molar-refractivity contribution in [2.75, 3.05) is 39.1 Å². The monoisotopic (exact) mass is 1120 g/mol. The number of para-hydroxylation sites is 2. The summed E-state index contributed by atoms with van der Waals surface area (Å²) >= 11 is 12.1. The predicted molar refractivity (Wildman–Crippen MR) is 283 cm³/mol. The minimum atomic E-state index is -3.81. The maximum absolute atomic E-state index is 13.6. The van der Waals surface area contributed by atoms with Gasteiger partial charge in [0.1, 0.15) is 45.9 Å². The predicted octanol–water partition coefficient (Wildman–Crippen LogP) is 8.19. The molecule has 8 aromatic rings. The van der Waals surface area contributed by atoms with E-state index in [0.717, 1.165) is 0 Å².